The first-order valence-electron chi connectivity index (χ1n) is 6.58. The Kier molecular flexibility index (Phi) is 4.96. The number of thioether (sulfide) groups is 1. The molecule has 0 saturated heterocycles. The molecule has 104 valence electrons. The topological polar surface area (TPSA) is 50.4 Å². The Balaban J connectivity index is 1.88. The van der Waals surface area contributed by atoms with Crippen LogP contribution in [0.1, 0.15) is 13.8 Å². The van der Waals surface area contributed by atoms with Gasteiger partial charge in [-0.15, -0.1) is 0 Å². The molecular weight excluding hydrogens is 260 g/mol. The summed E-state index contributed by atoms with van der Waals surface area (Å²) in [6.07, 6.45) is -0.455. The molecule has 0 radical (unpaired) electrons. The molecule has 0 aliphatic carbocycles. The Labute approximate surface area is 118 Å². The van der Waals surface area contributed by atoms with Crippen LogP contribution in [0.3, 0.4) is 0 Å². The first-order valence-corrected chi connectivity index (χ1v) is 7.74. The molecule has 1 heterocycles. The Morgan fingerprint density at radius 2 is 2.37 bits per heavy atom. The highest BCUT2D eigenvalue weighted by molar-refractivity contribution is 7.99. The molecule has 0 aromatic heterocycles. The number of benzene rings is 1. The maximum Gasteiger partial charge on any atom is 0.263 e. The number of hydrogen-bond acceptors (Lipinski definition) is 4. The van der Waals surface area contributed by atoms with Gasteiger partial charge >= 0.3 is 0 Å². The van der Waals surface area contributed by atoms with Gasteiger partial charge in [-0.1, -0.05) is 19.1 Å². The van der Waals surface area contributed by atoms with Gasteiger partial charge < -0.3 is 15.4 Å². The van der Waals surface area contributed by atoms with Gasteiger partial charge in [0.2, 0.25) is 0 Å². The van der Waals surface area contributed by atoms with Crippen LogP contribution in [0.25, 0.3) is 0 Å². The third kappa shape index (κ3) is 3.80. The van der Waals surface area contributed by atoms with Crippen LogP contribution < -0.4 is 15.4 Å². The molecule has 2 rings (SSSR count). The normalized spacial score (nSPS) is 18.7. The number of amides is 1. The molecule has 0 spiro atoms. The predicted octanol–water partition coefficient (Wildman–Crippen LogP) is 2.12. The summed E-state index contributed by atoms with van der Waals surface area (Å²) in [5.74, 6) is 2.68. The van der Waals surface area contributed by atoms with Crippen LogP contribution in [0.4, 0.5) is 5.69 Å². The molecule has 2 N–H and O–H groups in total. The number of anilines is 1. The monoisotopic (exact) mass is 280 g/mol. The maximum absolute atomic E-state index is 12.1. The fraction of sp³-hybridized carbons (Fsp3) is 0.500. The van der Waals surface area contributed by atoms with Crippen molar-refractivity contribution in [3.8, 4) is 5.75 Å². The minimum atomic E-state index is -0.455. The van der Waals surface area contributed by atoms with E-state index < -0.39 is 6.10 Å². The van der Waals surface area contributed by atoms with E-state index >= 15 is 0 Å². The second-order valence-electron chi connectivity index (χ2n) is 4.55. The van der Waals surface area contributed by atoms with Crippen molar-refractivity contribution in [1.29, 1.82) is 0 Å². The van der Waals surface area contributed by atoms with Crippen LogP contribution in [0.5, 0.6) is 5.75 Å². The summed E-state index contributed by atoms with van der Waals surface area (Å²) in [7, 11) is 0. The molecule has 2 unspecified atom stereocenters. The first-order chi connectivity index (χ1) is 9.20. The van der Waals surface area contributed by atoms with Crippen molar-refractivity contribution in [1.82, 2.24) is 5.32 Å². The number of carbonyl (C=O) groups is 1. The Morgan fingerprint density at radius 3 is 3.16 bits per heavy atom. The molecular formula is C14H20N2O2S. The van der Waals surface area contributed by atoms with Gasteiger partial charge in [0.15, 0.2) is 6.10 Å². The predicted molar refractivity (Wildman–Crippen MR) is 80.0 cm³/mol. The third-order valence-corrected chi connectivity index (χ3v) is 4.03. The minimum Gasteiger partial charge on any atom is -0.477 e. The summed E-state index contributed by atoms with van der Waals surface area (Å²) in [6, 6.07) is 7.83. The Bertz CT molecular complexity index is 439. The number of carbonyl (C=O) groups excluding carboxylic acids is 1. The van der Waals surface area contributed by atoms with Crippen molar-refractivity contribution in [2.24, 2.45) is 0 Å². The fourth-order valence-corrected chi connectivity index (χ4v) is 2.60. The zero-order valence-corrected chi connectivity index (χ0v) is 12.1. The second-order valence-corrected chi connectivity index (χ2v) is 5.87. The molecule has 0 bridgehead atoms. The number of ether oxygens (including phenoxy) is 1. The molecule has 1 aromatic carbocycles. The molecule has 1 amide bonds. The van der Waals surface area contributed by atoms with Crippen LogP contribution in [-0.2, 0) is 4.79 Å². The molecule has 1 aliphatic rings. The summed E-state index contributed by atoms with van der Waals surface area (Å²) in [5, 5.41) is 6.21. The van der Waals surface area contributed by atoms with E-state index in [1.54, 1.807) is 0 Å². The van der Waals surface area contributed by atoms with Crippen LogP contribution >= 0.6 is 11.8 Å². The number of nitrogens with one attached hydrogen (secondary N) is 2. The molecule has 1 aliphatic heterocycles. The Morgan fingerprint density at radius 1 is 1.58 bits per heavy atom. The van der Waals surface area contributed by atoms with Crippen LogP contribution in [0.2, 0.25) is 0 Å². The molecule has 4 nitrogen and oxygen atoms in total. The van der Waals surface area contributed by atoms with Crippen molar-refractivity contribution in [3.63, 3.8) is 0 Å². The molecule has 0 fully saturated rings. The van der Waals surface area contributed by atoms with E-state index in [4.69, 9.17) is 4.74 Å². The lowest BCUT2D eigenvalue weighted by Crippen LogP contribution is -2.48. The molecule has 2 atom stereocenters. The highest BCUT2D eigenvalue weighted by atomic mass is 32.2. The lowest BCUT2D eigenvalue weighted by atomic mass is 10.2. The minimum absolute atomic E-state index is 0.0498. The average molecular weight is 280 g/mol. The van der Waals surface area contributed by atoms with Gasteiger partial charge in [-0.3, -0.25) is 4.79 Å². The first kappa shape index (κ1) is 14.1. The van der Waals surface area contributed by atoms with Crippen molar-refractivity contribution in [2.75, 3.05) is 23.4 Å². The third-order valence-electron chi connectivity index (χ3n) is 2.89. The van der Waals surface area contributed by atoms with Gasteiger partial charge in [0.1, 0.15) is 5.75 Å². The van der Waals surface area contributed by atoms with Crippen LogP contribution in [-0.4, -0.2) is 36.1 Å². The maximum atomic E-state index is 12.1. The second kappa shape index (κ2) is 6.70. The van der Waals surface area contributed by atoms with E-state index in [0.717, 1.165) is 22.9 Å². The van der Waals surface area contributed by atoms with Gasteiger partial charge in [0.25, 0.3) is 5.91 Å². The van der Waals surface area contributed by atoms with E-state index in [9.17, 15) is 4.79 Å². The van der Waals surface area contributed by atoms with Gasteiger partial charge in [-0.05, 0) is 24.8 Å². The fourth-order valence-electron chi connectivity index (χ4n) is 1.93. The summed E-state index contributed by atoms with van der Waals surface area (Å²) >= 11 is 1.82. The zero-order valence-electron chi connectivity index (χ0n) is 11.3. The summed E-state index contributed by atoms with van der Waals surface area (Å²) < 4.78 is 5.72. The Hall–Kier alpha value is -1.36. The highest BCUT2D eigenvalue weighted by Gasteiger charge is 2.26. The molecule has 5 heteroatoms. The zero-order chi connectivity index (χ0) is 13.7. The summed E-state index contributed by atoms with van der Waals surface area (Å²) in [6.45, 7) is 4.64. The van der Waals surface area contributed by atoms with Crippen molar-refractivity contribution >= 4 is 23.4 Å². The van der Waals surface area contributed by atoms with E-state index in [1.807, 2.05) is 43.0 Å². The molecule has 19 heavy (non-hydrogen) atoms. The largest absolute Gasteiger partial charge is 0.477 e. The summed E-state index contributed by atoms with van der Waals surface area (Å²) in [4.78, 5) is 12.1. The van der Waals surface area contributed by atoms with Crippen LogP contribution in [0, 0.1) is 0 Å². The smallest absolute Gasteiger partial charge is 0.263 e. The number of hydrogen-bond donors (Lipinski definition) is 2. The van der Waals surface area contributed by atoms with Crippen molar-refractivity contribution in [3.05, 3.63) is 24.3 Å². The van der Waals surface area contributed by atoms with E-state index in [2.05, 4.69) is 17.6 Å². The lowest BCUT2D eigenvalue weighted by Gasteiger charge is -2.27. The van der Waals surface area contributed by atoms with E-state index in [0.29, 0.717) is 6.54 Å². The quantitative estimate of drug-likeness (QED) is 0.867. The van der Waals surface area contributed by atoms with E-state index in [-0.39, 0.29) is 11.9 Å². The number of fused-ring (bicyclic) bond motifs is 1. The summed E-state index contributed by atoms with van der Waals surface area (Å²) in [5.41, 5.74) is 0.945. The van der Waals surface area contributed by atoms with Crippen LogP contribution in [0.15, 0.2) is 24.3 Å². The van der Waals surface area contributed by atoms with Gasteiger partial charge in [-0.2, -0.15) is 11.8 Å². The van der Waals surface area contributed by atoms with E-state index in [1.165, 1.54) is 0 Å². The standard InChI is InChI=1S/C14H20N2O2S/c1-3-19-9-10(2)16-14(17)13-8-15-11-6-4-5-7-12(11)18-13/h4-7,10,13,15H,3,8-9H2,1-2H3,(H,16,17). The lowest BCUT2D eigenvalue weighted by molar-refractivity contribution is -0.128. The van der Waals surface area contributed by atoms with Gasteiger partial charge in [0, 0.05) is 11.8 Å². The number of rotatable bonds is 5. The van der Waals surface area contributed by atoms with Crippen molar-refractivity contribution < 1.29 is 9.53 Å². The molecule has 1 aromatic rings. The SMILES string of the molecule is CCSCC(C)NC(=O)C1CNc2ccccc2O1. The van der Waals surface area contributed by atoms with Gasteiger partial charge in [0.05, 0.1) is 12.2 Å². The van der Waals surface area contributed by atoms with Gasteiger partial charge in [-0.25, -0.2) is 0 Å². The highest BCUT2D eigenvalue weighted by Crippen LogP contribution is 2.28. The number of para-hydroxylation sites is 2. The molecule has 0 saturated carbocycles. The van der Waals surface area contributed by atoms with Crippen molar-refractivity contribution in [2.45, 2.75) is 26.0 Å². The average Bonchev–Trinajstić information content (AvgIpc) is 2.44.